The lowest BCUT2D eigenvalue weighted by atomic mass is 10.1. The number of aryl methyl sites for hydroxylation is 2. The van der Waals surface area contributed by atoms with Crippen molar-refractivity contribution in [2.75, 3.05) is 19.1 Å². The number of rotatable bonds is 3. The number of ether oxygens (including phenoxy) is 1. The second-order valence-corrected chi connectivity index (χ2v) is 5.91. The van der Waals surface area contributed by atoms with Gasteiger partial charge in [-0.05, 0) is 71.2 Å². The highest BCUT2D eigenvalue weighted by atomic mass is 79.9. The molecule has 0 bridgehead atoms. The van der Waals surface area contributed by atoms with Crippen LogP contribution in [-0.2, 0) is 0 Å². The van der Waals surface area contributed by atoms with Crippen molar-refractivity contribution in [1.82, 2.24) is 0 Å². The van der Waals surface area contributed by atoms with Crippen molar-refractivity contribution >= 4 is 27.5 Å². The van der Waals surface area contributed by atoms with Crippen molar-refractivity contribution in [2.45, 2.75) is 13.8 Å². The monoisotopic (exact) mass is 347 g/mol. The number of carbonyl (C=O) groups is 1. The maximum atomic E-state index is 12.7. The van der Waals surface area contributed by atoms with Crippen LogP contribution in [0.15, 0.2) is 40.9 Å². The average Bonchev–Trinajstić information content (AvgIpc) is 2.45. The van der Waals surface area contributed by atoms with Gasteiger partial charge in [-0.25, -0.2) is 0 Å². The van der Waals surface area contributed by atoms with E-state index in [4.69, 9.17) is 4.74 Å². The molecule has 0 N–H and O–H groups in total. The Balaban J connectivity index is 2.39. The van der Waals surface area contributed by atoms with Crippen LogP contribution in [0.2, 0.25) is 0 Å². The summed E-state index contributed by atoms with van der Waals surface area (Å²) in [4.78, 5) is 14.3. The first kappa shape index (κ1) is 15.6. The third-order valence-electron chi connectivity index (χ3n) is 3.30. The summed E-state index contributed by atoms with van der Waals surface area (Å²) in [6, 6.07) is 11.5. The lowest BCUT2D eigenvalue weighted by Gasteiger charge is -2.19. The fourth-order valence-corrected chi connectivity index (χ4v) is 2.65. The molecule has 0 saturated carbocycles. The molecule has 110 valence electrons. The summed E-state index contributed by atoms with van der Waals surface area (Å²) in [7, 11) is 3.37. The van der Waals surface area contributed by atoms with Crippen molar-refractivity contribution in [3.8, 4) is 5.75 Å². The summed E-state index contributed by atoms with van der Waals surface area (Å²) in [5, 5.41) is 0. The number of anilines is 1. The molecule has 3 nitrogen and oxygen atoms in total. The molecule has 2 aromatic rings. The standard InChI is InChI=1S/C17H18BrNO2/c1-11-7-12(2)9-13(8-11)19(3)17(20)15-10-14(21-4)5-6-16(15)18/h5-10H,1-4H3. The maximum absolute atomic E-state index is 12.7. The second kappa shape index (κ2) is 6.31. The molecule has 0 atom stereocenters. The highest BCUT2D eigenvalue weighted by Crippen LogP contribution is 2.26. The minimum atomic E-state index is -0.0780. The zero-order valence-electron chi connectivity index (χ0n) is 12.6. The van der Waals surface area contributed by atoms with E-state index in [1.807, 2.05) is 38.1 Å². The van der Waals surface area contributed by atoms with Crippen LogP contribution in [0.3, 0.4) is 0 Å². The zero-order chi connectivity index (χ0) is 15.6. The van der Waals surface area contributed by atoms with E-state index < -0.39 is 0 Å². The predicted octanol–water partition coefficient (Wildman–Crippen LogP) is 4.35. The minimum Gasteiger partial charge on any atom is -0.497 e. The Hall–Kier alpha value is -1.81. The van der Waals surface area contributed by atoms with Crippen molar-refractivity contribution in [2.24, 2.45) is 0 Å². The number of nitrogens with zero attached hydrogens (tertiary/aromatic N) is 1. The Morgan fingerprint density at radius 3 is 2.29 bits per heavy atom. The lowest BCUT2D eigenvalue weighted by Crippen LogP contribution is -2.26. The molecule has 0 aromatic heterocycles. The number of amides is 1. The number of hydrogen-bond acceptors (Lipinski definition) is 2. The molecule has 0 aliphatic rings. The molecular formula is C17H18BrNO2. The Labute approximate surface area is 133 Å². The summed E-state index contributed by atoms with van der Waals surface area (Å²) in [6.07, 6.45) is 0. The van der Waals surface area contributed by atoms with Crippen LogP contribution in [-0.4, -0.2) is 20.1 Å². The van der Waals surface area contributed by atoms with Gasteiger partial charge in [-0.2, -0.15) is 0 Å². The fraction of sp³-hybridized carbons (Fsp3) is 0.235. The van der Waals surface area contributed by atoms with E-state index in [-0.39, 0.29) is 5.91 Å². The third kappa shape index (κ3) is 3.45. The van der Waals surface area contributed by atoms with Gasteiger partial charge in [0.05, 0.1) is 12.7 Å². The van der Waals surface area contributed by atoms with E-state index in [0.717, 1.165) is 21.3 Å². The Morgan fingerprint density at radius 2 is 1.71 bits per heavy atom. The summed E-state index contributed by atoms with van der Waals surface area (Å²) in [6.45, 7) is 4.05. The molecule has 4 heteroatoms. The molecule has 1 amide bonds. The molecule has 0 radical (unpaired) electrons. The molecule has 2 rings (SSSR count). The molecule has 2 aromatic carbocycles. The van der Waals surface area contributed by atoms with E-state index in [0.29, 0.717) is 11.3 Å². The number of benzene rings is 2. The normalized spacial score (nSPS) is 10.3. The average molecular weight is 348 g/mol. The van der Waals surface area contributed by atoms with Crippen LogP contribution in [0.5, 0.6) is 5.75 Å². The van der Waals surface area contributed by atoms with Gasteiger partial charge in [0.1, 0.15) is 5.75 Å². The van der Waals surface area contributed by atoms with Gasteiger partial charge in [0.15, 0.2) is 0 Å². The number of halogens is 1. The van der Waals surface area contributed by atoms with Gasteiger partial charge in [0, 0.05) is 17.2 Å². The van der Waals surface area contributed by atoms with Gasteiger partial charge >= 0.3 is 0 Å². The molecule has 0 fully saturated rings. The Morgan fingerprint density at radius 1 is 1.10 bits per heavy atom. The summed E-state index contributed by atoms with van der Waals surface area (Å²) >= 11 is 3.43. The van der Waals surface area contributed by atoms with Crippen LogP contribution >= 0.6 is 15.9 Å². The smallest absolute Gasteiger partial charge is 0.259 e. The molecule has 21 heavy (non-hydrogen) atoms. The minimum absolute atomic E-state index is 0.0780. The number of methoxy groups -OCH3 is 1. The van der Waals surface area contributed by atoms with Gasteiger partial charge in [-0.1, -0.05) is 6.07 Å². The van der Waals surface area contributed by atoms with Crippen LogP contribution in [0, 0.1) is 13.8 Å². The molecule has 0 aliphatic heterocycles. The third-order valence-corrected chi connectivity index (χ3v) is 3.99. The van der Waals surface area contributed by atoms with Crippen molar-refractivity contribution in [3.63, 3.8) is 0 Å². The Bertz CT molecular complexity index is 662. The summed E-state index contributed by atoms with van der Waals surface area (Å²) in [5.74, 6) is 0.584. The van der Waals surface area contributed by atoms with Crippen LogP contribution in [0.25, 0.3) is 0 Å². The van der Waals surface area contributed by atoms with Crippen molar-refractivity contribution in [1.29, 1.82) is 0 Å². The van der Waals surface area contributed by atoms with Crippen molar-refractivity contribution < 1.29 is 9.53 Å². The van der Waals surface area contributed by atoms with E-state index in [1.54, 1.807) is 25.1 Å². The van der Waals surface area contributed by atoms with E-state index in [2.05, 4.69) is 22.0 Å². The fourth-order valence-electron chi connectivity index (χ4n) is 2.24. The van der Waals surface area contributed by atoms with Crippen LogP contribution in [0.1, 0.15) is 21.5 Å². The predicted molar refractivity (Wildman–Crippen MR) is 89.3 cm³/mol. The van der Waals surface area contributed by atoms with Crippen LogP contribution < -0.4 is 9.64 Å². The van der Waals surface area contributed by atoms with E-state index >= 15 is 0 Å². The van der Waals surface area contributed by atoms with Crippen LogP contribution in [0.4, 0.5) is 5.69 Å². The van der Waals surface area contributed by atoms with E-state index in [9.17, 15) is 4.79 Å². The quantitative estimate of drug-likeness (QED) is 0.825. The summed E-state index contributed by atoms with van der Waals surface area (Å²) < 4.78 is 5.95. The highest BCUT2D eigenvalue weighted by molar-refractivity contribution is 9.10. The number of hydrogen-bond donors (Lipinski definition) is 0. The molecule has 0 aliphatic carbocycles. The Kier molecular flexibility index (Phi) is 4.68. The molecule has 0 unspecified atom stereocenters. The SMILES string of the molecule is COc1ccc(Br)c(C(=O)N(C)c2cc(C)cc(C)c2)c1. The topological polar surface area (TPSA) is 29.5 Å². The lowest BCUT2D eigenvalue weighted by molar-refractivity contribution is 0.0992. The largest absolute Gasteiger partial charge is 0.497 e. The van der Waals surface area contributed by atoms with Crippen molar-refractivity contribution in [3.05, 3.63) is 57.6 Å². The molecule has 0 spiro atoms. The van der Waals surface area contributed by atoms with E-state index in [1.165, 1.54) is 0 Å². The molecule has 0 saturated heterocycles. The number of carbonyl (C=O) groups excluding carboxylic acids is 1. The molecular weight excluding hydrogens is 330 g/mol. The first-order chi connectivity index (χ1) is 9.92. The summed E-state index contributed by atoms with van der Waals surface area (Å²) in [5.41, 5.74) is 3.73. The van der Waals surface area contributed by atoms with Gasteiger partial charge < -0.3 is 9.64 Å². The zero-order valence-corrected chi connectivity index (χ0v) is 14.2. The van der Waals surface area contributed by atoms with Gasteiger partial charge in [0.25, 0.3) is 5.91 Å². The first-order valence-corrected chi connectivity index (χ1v) is 7.41. The second-order valence-electron chi connectivity index (χ2n) is 5.06. The highest BCUT2D eigenvalue weighted by Gasteiger charge is 2.17. The first-order valence-electron chi connectivity index (χ1n) is 6.62. The molecule has 0 heterocycles. The van der Waals surface area contributed by atoms with Gasteiger partial charge in [0.2, 0.25) is 0 Å². The van der Waals surface area contributed by atoms with Gasteiger partial charge in [-0.15, -0.1) is 0 Å². The van der Waals surface area contributed by atoms with Gasteiger partial charge in [-0.3, -0.25) is 4.79 Å². The maximum Gasteiger partial charge on any atom is 0.259 e.